The molecule has 4 rings (SSSR count). The Bertz CT molecular complexity index is 882. The second-order valence-electron chi connectivity index (χ2n) is 9.28. The number of likely N-dealkylation sites (tertiary alicyclic amines) is 1. The molecule has 1 aliphatic carbocycles. The molecule has 7 nitrogen and oxygen atoms in total. The summed E-state index contributed by atoms with van der Waals surface area (Å²) in [6, 6.07) is 1.93. The average molecular weight is 426 g/mol. The third kappa shape index (κ3) is 5.32. The van der Waals surface area contributed by atoms with E-state index < -0.39 is 0 Å². The van der Waals surface area contributed by atoms with Gasteiger partial charge in [0.25, 0.3) is 0 Å². The molecule has 0 spiro atoms. The van der Waals surface area contributed by atoms with E-state index >= 15 is 0 Å². The van der Waals surface area contributed by atoms with Crippen LogP contribution in [0.15, 0.2) is 16.8 Å². The summed E-state index contributed by atoms with van der Waals surface area (Å²) in [5.41, 5.74) is 2.89. The molecule has 1 saturated heterocycles. The fourth-order valence-corrected chi connectivity index (χ4v) is 4.98. The van der Waals surface area contributed by atoms with Crippen molar-refractivity contribution in [2.24, 2.45) is 5.92 Å². The molecule has 1 amide bonds. The number of rotatable bonds is 6. The van der Waals surface area contributed by atoms with E-state index in [1.807, 2.05) is 33.0 Å². The zero-order chi connectivity index (χ0) is 21.8. The van der Waals surface area contributed by atoms with Crippen LogP contribution in [0.5, 0.6) is 0 Å². The Morgan fingerprint density at radius 3 is 2.61 bits per heavy atom. The molecule has 0 bridgehead atoms. The molecule has 1 saturated carbocycles. The lowest BCUT2D eigenvalue weighted by Gasteiger charge is -2.32. The van der Waals surface area contributed by atoms with Crippen molar-refractivity contribution in [2.75, 3.05) is 19.6 Å². The van der Waals surface area contributed by atoms with Gasteiger partial charge in [-0.15, -0.1) is 0 Å². The van der Waals surface area contributed by atoms with E-state index in [0.717, 1.165) is 73.9 Å². The molecule has 1 aliphatic heterocycles. The molecule has 2 aromatic heterocycles. The van der Waals surface area contributed by atoms with Crippen molar-refractivity contribution in [3.8, 4) is 11.3 Å². The average Bonchev–Trinajstić information content (AvgIpc) is 3.24. The number of hydrogen-bond acceptors (Lipinski definition) is 6. The van der Waals surface area contributed by atoms with Crippen LogP contribution in [-0.4, -0.2) is 51.6 Å². The van der Waals surface area contributed by atoms with Crippen LogP contribution in [-0.2, 0) is 4.79 Å². The van der Waals surface area contributed by atoms with Gasteiger partial charge in [0.2, 0.25) is 5.91 Å². The number of nitrogens with zero attached hydrogens (tertiary/aromatic N) is 4. The highest BCUT2D eigenvalue weighted by Crippen LogP contribution is 2.38. The molecular weight excluding hydrogens is 390 g/mol. The van der Waals surface area contributed by atoms with Gasteiger partial charge in [0.1, 0.15) is 5.82 Å². The first-order valence-corrected chi connectivity index (χ1v) is 11.8. The lowest BCUT2D eigenvalue weighted by atomic mass is 9.79. The van der Waals surface area contributed by atoms with Crippen molar-refractivity contribution < 1.29 is 9.32 Å². The fourth-order valence-electron chi connectivity index (χ4n) is 4.98. The Labute approximate surface area is 185 Å². The summed E-state index contributed by atoms with van der Waals surface area (Å²) in [6.45, 7) is 8.77. The van der Waals surface area contributed by atoms with Crippen molar-refractivity contribution in [1.82, 2.24) is 25.3 Å². The van der Waals surface area contributed by atoms with Crippen LogP contribution in [0.2, 0.25) is 0 Å². The number of amides is 1. The zero-order valence-corrected chi connectivity index (χ0v) is 19.1. The molecule has 31 heavy (non-hydrogen) atoms. The summed E-state index contributed by atoms with van der Waals surface area (Å²) in [5, 5.41) is 7.25. The minimum atomic E-state index is -0.0199. The van der Waals surface area contributed by atoms with Gasteiger partial charge in [-0.3, -0.25) is 9.69 Å². The summed E-state index contributed by atoms with van der Waals surface area (Å²) in [5.74, 6) is 2.64. The standard InChI is InChI=1S/C24H35N5O2/c1-16-13-22(31-28-16)21-15-25-18(3)27-23(21)20-9-7-19(8-10-20)14-26-24(30)17(2)29-11-5-4-6-12-29/h13,15,17,19-20H,4-12,14H2,1-3H3,(H,26,30)/t17-,19?,20?/m0/s1. The quantitative estimate of drug-likeness (QED) is 0.753. The molecular formula is C24H35N5O2. The van der Waals surface area contributed by atoms with Gasteiger partial charge in [-0.05, 0) is 78.3 Å². The van der Waals surface area contributed by atoms with Crippen molar-refractivity contribution >= 4 is 5.91 Å². The van der Waals surface area contributed by atoms with Gasteiger partial charge in [-0.1, -0.05) is 11.6 Å². The van der Waals surface area contributed by atoms with Crippen LogP contribution >= 0.6 is 0 Å². The van der Waals surface area contributed by atoms with E-state index in [0.29, 0.717) is 11.8 Å². The Morgan fingerprint density at radius 2 is 1.94 bits per heavy atom. The van der Waals surface area contributed by atoms with E-state index in [1.165, 1.54) is 19.3 Å². The normalized spacial score (nSPS) is 23.5. The highest BCUT2D eigenvalue weighted by Gasteiger charge is 2.28. The minimum absolute atomic E-state index is 0.0199. The monoisotopic (exact) mass is 425 g/mol. The molecule has 2 fully saturated rings. The highest BCUT2D eigenvalue weighted by molar-refractivity contribution is 5.81. The van der Waals surface area contributed by atoms with Crippen LogP contribution in [0.25, 0.3) is 11.3 Å². The number of aromatic nitrogens is 3. The van der Waals surface area contributed by atoms with Crippen LogP contribution in [0, 0.1) is 19.8 Å². The van der Waals surface area contributed by atoms with Crippen molar-refractivity contribution in [1.29, 1.82) is 0 Å². The minimum Gasteiger partial charge on any atom is -0.356 e. The second kappa shape index (κ2) is 9.90. The second-order valence-corrected chi connectivity index (χ2v) is 9.28. The van der Waals surface area contributed by atoms with Crippen LogP contribution in [0.3, 0.4) is 0 Å². The summed E-state index contributed by atoms with van der Waals surface area (Å²) < 4.78 is 5.50. The van der Waals surface area contributed by atoms with Gasteiger partial charge >= 0.3 is 0 Å². The summed E-state index contributed by atoms with van der Waals surface area (Å²) in [7, 11) is 0. The Balaban J connectivity index is 1.32. The van der Waals surface area contributed by atoms with Gasteiger partial charge in [-0.25, -0.2) is 9.97 Å². The van der Waals surface area contributed by atoms with E-state index in [9.17, 15) is 4.79 Å². The zero-order valence-electron chi connectivity index (χ0n) is 19.1. The summed E-state index contributed by atoms with van der Waals surface area (Å²) in [4.78, 5) is 24.1. The van der Waals surface area contributed by atoms with Gasteiger partial charge in [-0.2, -0.15) is 0 Å². The van der Waals surface area contributed by atoms with Crippen molar-refractivity contribution in [3.05, 3.63) is 29.5 Å². The van der Waals surface area contributed by atoms with Gasteiger partial charge in [0.15, 0.2) is 5.76 Å². The maximum absolute atomic E-state index is 12.6. The van der Waals surface area contributed by atoms with Gasteiger partial charge in [0.05, 0.1) is 23.0 Å². The smallest absolute Gasteiger partial charge is 0.237 e. The number of hydrogen-bond donors (Lipinski definition) is 1. The van der Waals surface area contributed by atoms with E-state index in [4.69, 9.17) is 9.51 Å². The number of aryl methyl sites for hydroxylation is 2. The fraction of sp³-hybridized carbons (Fsp3) is 0.667. The topological polar surface area (TPSA) is 84.2 Å². The molecule has 2 aliphatic rings. The number of piperidine rings is 1. The third-order valence-electron chi connectivity index (χ3n) is 6.95. The predicted octanol–water partition coefficient (Wildman–Crippen LogP) is 4.01. The molecule has 7 heteroatoms. The highest BCUT2D eigenvalue weighted by atomic mass is 16.5. The molecule has 0 radical (unpaired) electrons. The van der Waals surface area contributed by atoms with Gasteiger partial charge in [0, 0.05) is 24.7 Å². The summed E-state index contributed by atoms with van der Waals surface area (Å²) >= 11 is 0. The Morgan fingerprint density at radius 1 is 1.19 bits per heavy atom. The van der Waals surface area contributed by atoms with E-state index in [-0.39, 0.29) is 11.9 Å². The Hall–Kier alpha value is -2.28. The molecule has 1 atom stereocenters. The number of carbonyl (C=O) groups is 1. The molecule has 1 N–H and O–H groups in total. The van der Waals surface area contributed by atoms with Crippen LogP contribution in [0.1, 0.15) is 75.0 Å². The lowest BCUT2D eigenvalue weighted by Crippen LogP contribution is -2.48. The largest absolute Gasteiger partial charge is 0.356 e. The van der Waals surface area contributed by atoms with E-state index in [2.05, 4.69) is 20.4 Å². The predicted molar refractivity (Wildman–Crippen MR) is 120 cm³/mol. The van der Waals surface area contributed by atoms with E-state index in [1.54, 1.807) is 0 Å². The van der Waals surface area contributed by atoms with Crippen LogP contribution in [0.4, 0.5) is 0 Å². The first-order chi connectivity index (χ1) is 15.0. The summed E-state index contributed by atoms with van der Waals surface area (Å²) in [6.07, 6.45) is 9.91. The SMILES string of the molecule is Cc1cc(-c2cnc(C)nc2C2CCC(CNC(=O)[C@H](C)N3CCCCC3)CC2)on1. The molecule has 168 valence electrons. The lowest BCUT2D eigenvalue weighted by molar-refractivity contribution is -0.126. The number of carbonyl (C=O) groups excluding carboxylic acids is 1. The maximum Gasteiger partial charge on any atom is 0.237 e. The molecule has 0 unspecified atom stereocenters. The maximum atomic E-state index is 12.6. The van der Waals surface area contributed by atoms with Crippen LogP contribution < -0.4 is 5.32 Å². The first kappa shape index (κ1) is 21.9. The molecule has 3 heterocycles. The Kier molecular flexibility index (Phi) is 7.00. The third-order valence-corrected chi connectivity index (χ3v) is 6.95. The number of nitrogens with one attached hydrogen (secondary N) is 1. The van der Waals surface area contributed by atoms with Gasteiger partial charge < -0.3 is 9.84 Å². The molecule has 2 aromatic rings. The first-order valence-electron chi connectivity index (χ1n) is 11.8. The van der Waals surface area contributed by atoms with Crippen molar-refractivity contribution in [3.63, 3.8) is 0 Å². The van der Waals surface area contributed by atoms with Crippen molar-refractivity contribution in [2.45, 2.75) is 77.7 Å². The molecule has 0 aromatic carbocycles.